The Morgan fingerprint density at radius 2 is 2.19 bits per heavy atom. The largest absolute Gasteiger partial charge is 0.393 e. The minimum atomic E-state index is -0.504. The van der Waals surface area contributed by atoms with Gasteiger partial charge < -0.3 is 9.84 Å². The summed E-state index contributed by atoms with van der Waals surface area (Å²) in [5.41, 5.74) is 3.64. The van der Waals surface area contributed by atoms with Crippen LogP contribution in [0.5, 0.6) is 0 Å². The molecule has 112 valence electrons. The van der Waals surface area contributed by atoms with E-state index >= 15 is 0 Å². The van der Waals surface area contributed by atoms with Gasteiger partial charge in [-0.05, 0) is 5.56 Å². The summed E-state index contributed by atoms with van der Waals surface area (Å²) in [6, 6.07) is 10.2. The van der Waals surface area contributed by atoms with E-state index in [-0.39, 0.29) is 6.61 Å². The fraction of sp³-hybridized carbons (Fsp3) is 0.438. The van der Waals surface area contributed by atoms with E-state index in [1.165, 1.54) is 5.56 Å². The summed E-state index contributed by atoms with van der Waals surface area (Å²) >= 11 is 1.62. The molecule has 4 nitrogen and oxygen atoms in total. The number of aliphatic hydroxyl groups is 1. The van der Waals surface area contributed by atoms with Crippen LogP contribution >= 0.6 is 11.3 Å². The molecule has 0 bridgehead atoms. The molecule has 1 atom stereocenters. The summed E-state index contributed by atoms with van der Waals surface area (Å²) in [6.45, 7) is 3.13. The van der Waals surface area contributed by atoms with Gasteiger partial charge in [0.2, 0.25) is 0 Å². The summed E-state index contributed by atoms with van der Waals surface area (Å²) in [6.07, 6.45) is 0.734. The van der Waals surface area contributed by atoms with E-state index in [9.17, 15) is 5.11 Å². The molecule has 0 aliphatic carbocycles. The number of rotatable bonds is 5. The number of morpholine rings is 1. The highest BCUT2D eigenvalue weighted by Gasteiger charge is 2.36. The van der Waals surface area contributed by atoms with Crippen LogP contribution in [-0.2, 0) is 17.7 Å². The Hall–Kier alpha value is -1.27. The van der Waals surface area contributed by atoms with Crippen molar-refractivity contribution in [3.8, 4) is 0 Å². The van der Waals surface area contributed by atoms with Gasteiger partial charge in [-0.2, -0.15) is 0 Å². The molecule has 2 heterocycles. The second-order valence-electron chi connectivity index (χ2n) is 5.54. The summed E-state index contributed by atoms with van der Waals surface area (Å²) in [5, 5.41) is 12.0. The average Bonchev–Trinajstić information content (AvgIpc) is 3.01. The SMILES string of the molecule is OCC1(Cc2ccccc2)CN(Cc2cscn2)CCO1. The van der Waals surface area contributed by atoms with E-state index in [1.807, 2.05) is 23.7 Å². The Balaban J connectivity index is 1.69. The van der Waals surface area contributed by atoms with Gasteiger partial charge in [-0.3, -0.25) is 4.90 Å². The molecule has 21 heavy (non-hydrogen) atoms. The molecule has 5 heteroatoms. The summed E-state index contributed by atoms with van der Waals surface area (Å²) in [5.74, 6) is 0. The van der Waals surface area contributed by atoms with Gasteiger partial charge in [-0.15, -0.1) is 11.3 Å². The predicted molar refractivity (Wildman–Crippen MR) is 83.3 cm³/mol. The van der Waals surface area contributed by atoms with Crippen molar-refractivity contribution in [2.45, 2.75) is 18.6 Å². The number of aliphatic hydroxyl groups excluding tert-OH is 1. The van der Waals surface area contributed by atoms with Gasteiger partial charge in [0.25, 0.3) is 0 Å². The molecular formula is C16H20N2O2S. The Morgan fingerprint density at radius 3 is 2.90 bits per heavy atom. The lowest BCUT2D eigenvalue weighted by Crippen LogP contribution is -2.55. The van der Waals surface area contributed by atoms with Crippen molar-refractivity contribution in [3.05, 3.63) is 52.5 Å². The molecule has 1 saturated heterocycles. The van der Waals surface area contributed by atoms with E-state index in [0.717, 1.165) is 31.7 Å². The first-order valence-electron chi connectivity index (χ1n) is 7.18. The number of nitrogens with zero attached hydrogens (tertiary/aromatic N) is 2. The maximum Gasteiger partial charge on any atom is 0.108 e. The molecule has 0 radical (unpaired) electrons. The van der Waals surface area contributed by atoms with Gasteiger partial charge in [-0.25, -0.2) is 4.98 Å². The van der Waals surface area contributed by atoms with Crippen molar-refractivity contribution >= 4 is 11.3 Å². The number of benzene rings is 1. The maximum atomic E-state index is 9.88. The molecule has 1 N–H and O–H groups in total. The van der Waals surface area contributed by atoms with E-state index in [1.54, 1.807) is 11.3 Å². The zero-order valence-electron chi connectivity index (χ0n) is 11.9. The fourth-order valence-electron chi connectivity index (χ4n) is 2.83. The molecule has 3 rings (SSSR count). The van der Waals surface area contributed by atoms with Crippen molar-refractivity contribution < 1.29 is 9.84 Å². The zero-order valence-corrected chi connectivity index (χ0v) is 12.8. The van der Waals surface area contributed by atoms with E-state index in [4.69, 9.17) is 4.74 Å². The monoisotopic (exact) mass is 304 g/mol. The smallest absolute Gasteiger partial charge is 0.108 e. The van der Waals surface area contributed by atoms with Crippen LogP contribution in [0.15, 0.2) is 41.2 Å². The van der Waals surface area contributed by atoms with Crippen LogP contribution in [-0.4, -0.2) is 46.9 Å². The van der Waals surface area contributed by atoms with Crippen LogP contribution in [0.2, 0.25) is 0 Å². The van der Waals surface area contributed by atoms with Gasteiger partial charge in [0.15, 0.2) is 0 Å². The normalized spacial score (nSPS) is 23.3. The molecule has 0 saturated carbocycles. The molecule has 2 aromatic rings. The highest BCUT2D eigenvalue weighted by atomic mass is 32.1. The second-order valence-corrected chi connectivity index (χ2v) is 6.26. The standard InChI is InChI=1S/C16H20N2O2S/c19-12-16(8-14-4-2-1-3-5-14)11-18(6-7-20-16)9-15-10-21-13-17-15/h1-5,10,13,19H,6-9,11-12H2. The Kier molecular flexibility index (Phi) is 4.65. The molecule has 0 amide bonds. The molecule has 0 spiro atoms. The Labute approximate surface area is 129 Å². The first kappa shape index (κ1) is 14.7. The molecule has 1 fully saturated rings. The Morgan fingerprint density at radius 1 is 1.33 bits per heavy atom. The number of ether oxygens (including phenoxy) is 1. The van der Waals surface area contributed by atoms with Crippen molar-refractivity contribution in [2.75, 3.05) is 26.3 Å². The predicted octanol–water partition coefficient (Wildman–Crippen LogP) is 1.95. The average molecular weight is 304 g/mol. The van der Waals surface area contributed by atoms with Gasteiger partial charge in [-0.1, -0.05) is 30.3 Å². The van der Waals surface area contributed by atoms with Crippen LogP contribution in [0.4, 0.5) is 0 Å². The minimum Gasteiger partial charge on any atom is -0.393 e. The van der Waals surface area contributed by atoms with Gasteiger partial charge in [0, 0.05) is 31.4 Å². The summed E-state index contributed by atoms with van der Waals surface area (Å²) in [7, 11) is 0. The third-order valence-corrected chi connectivity index (χ3v) is 4.49. The van der Waals surface area contributed by atoms with Crippen molar-refractivity contribution in [1.82, 2.24) is 9.88 Å². The lowest BCUT2D eigenvalue weighted by molar-refractivity contribution is -0.134. The topological polar surface area (TPSA) is 45.6 Å². The number of hydrogen-bond acceptors (Lipinski definition) is 5. The van der Waals surface area contributed by atoms with Gasteiger partial charge in [0.1, 0.15) is 5.60 Å². The van der Waals surface area contributed by atoms with E-state index < -0.39 is 5.60 Å². The lowest BCUT2D eigenvalue weighted by Gasteiger charge is -2.41. The quantitative estimate of drug-likeness (QED) is 0.917. The molecular weight excluding hydrogens is 284 g/mol. The third kappa shape index (κ3) is 3.68. The number of thiazole rings is 1. The zero-order chi connectivity index (χ0) is 14.5. The van der Waals surface area contributed by atoms with Crippen LogP contribution in [0.25, 0.3) is 0 Å². The van der Waals surface area contributed by atoms with Crippen molar-refractivity contribution in [3.63, 3.8) is 0 Å². The van der Waals surface area contributed by atoms with Crippen LogP contribution in [0.1, 0.15) is 11.3 Å². The Bertz CT molecular complexity index is 547. The first-order valence-corrected chi connectivity index (χ1v) is 8.12. The third-order valence-electron chi connectivity index (χ3n) is 3.85. The molecule has 1 aliphatic heterocycles. The maximum absolute atomic E-state index is 9.88. The van der Waals surface area contributed by atoms with E-state index in [2.05, 4.69) is 27.4 Å². The van der Waals surface area contributed by atoms with Crippen LogP contribution in [0.3, 0.4) is 0 Å². The highest BCUT2D eigenvalue weighted by molar-refractivity contribution is 7.07. The van der Waals surface area contributed by atoms with E-state index in [0.29, 0.717) is 6.61 Å². The highest BCUT2D eigenvalue weighted by Crippen LogP contribution is 2.24. The van der Waals surface area contributed by atoms with Crippen molar-refractivity contribution in [2.24, 2.45) is 0 Å². The molecule has 1 aliphatic rings. The van der Waals surface area contributed by atoms with Gasteiger partial charge >= 0.3 is 0 Å². The fourth-order valence-corrected chi connectivity index (χ4v) is 3.38. The minimum absolute atomic E-state index is 0.0372. The van der Waals surface area contributed by atoms with Gasteiger partial charge in [0.05, 0.1) is 24.4 Å². The van der Waals surface area contributed by atoms with Crippen molar-refractivity contribution in [1.29, 1.82) is 0 Å². The van der Waals surface area contributed by atoms with Crippen LogP contribution < -0.4 is 0 Å². The first-order chi connectivity index (χ1) is 10.3. The lowest BCUT2D eigenvalue weighted by atomic mass is 9.93. The molecule has 1 unspecified atom stereocenters. The summed E-state index contributed by atoms with van der Waals surface area (Å²) < 4.78 is 5.96. The summed E-state index contributed by atoms with van der Waals surface area (Å²) in [4.78, 5) is 6.66. The molecule has 1 aromatic carbocycles. The number of hydrogen-bond donors (Lipinski definition) is 1. The molecule has 1 aromatic heterocycles. The van der Waals surface area contributed by atoms with Crippen LogP contribution in [0, 0.1) is 0 Å². The second kappa shape index (κ2) is 6.66. The number of aromatic nitrogens is 1.